The monoisotopic (exact) mass is 327 g/mol. The average Bonchev–Trinajstić information content (AvgIpc) is 3.09. The highest BCUT2D eigenvalue weighted by Crippen LogP contribution is 2.48. The summed E-state index contributed by atoms with van der Waals surface area (Å²) in [6.45, 7) is 7.43. The van der Waals surface area contributed by atoms with Gasteiger partial charge in [0.2, 0.25) is 0 Å². The highest BCUT2D eigenvalue weighted by atomic mass is 79.9. The third-order valence-electron chi connectivity index (χ3n) is 3.65. The second kappa shape index (κ2) is 6.14. The van der Waals surface area contributed by atoms with E-state index in [1.807, 2.05) is 26.0 Å². The molecule has 0 aliphatic heterocycles. The van der Waals surface area contributed by atoms with Gasteiger partial charge in [0.25, 0.3) is 0 Å². The molecule has 1 aromatic rings. The van der Waals surface area contributed by atoms with E-state index in [2.05, 4.69) is 22.9 Å². The highest BCUT2D eigenvalue weighted by molar-refractivity contribution is 9.10. The lowest BCUT2D eigenvalue weighted by Gasteiger charge is -2.18. The highest BCUT2D eigenvalue weighted by Gasteiger charge is 2.39. The third kappa shape index (κ3) is 3.23. The lowest BCUT2D eigenvalue weighted by Crippen LogP contribution is -2.14. The molecule has 3 nitrogen and oxygen atoms in total. The summed E-state index contributed by atoms with van der Waals surface area (Å²) < 4.78 is 12.3. The van der Waals surface area contributed by atoms with Crippen LogP contribution in [0.2, 0.25) is 0 Å². The van der Waals surface area contributed by atoms with Crippen LogP contribution < -0.4 is 15.2 Å². The van der Waals surface area contributed by atoms with Crippen molar-refractivity contribution in [1.29, 1.82) is 0 Å². The maximum atomic E-state index is 6.35. The number of hydrogen-bond acceptors (Lipinski definition) is 3. The Kier molecular flexibility index (Phi) is 4.74. The van der Waals surface area contributed by atoms with Crippen molar-refractivity contribution in [2.24, 2.45) is 17.6 Å². The molecule has 1 aliphatic rings. The molecule has 0 heterocycles. The number of hydrogen-bond donors (Lipinski definition) is 1. The van der Waals surface area contributed by atoms with E-state index in [4.69, 9.17) is 15.2 Å². The van der Waals surface area contributed by atoms with E-state index in [1.54, 1.807) is 0 Å². The van der Waals surface area contributed by atoms with Crippen molar-refractivity contribution in [2.45, 2.75) is 33.2 Å². The summed E-state index contributed by atoms with van der Waals surface area (Å²) in [5, 5.41) is 0. The van der Waals surface area contributed by atoms with Crippen molar-refractivity contribution in [3.05, 3.63) is 22.2 Å². The van der Waals surface area contributed by atoms with Gasteiger partial charge in [0.15, 0.2) is 11.5 Å². The van der Waals surface area contributed by atoms with Gasteiger partial charge in [0.05, 0.1) is 13.2 Å². The molecule has 0 amide bonds. The normalized spacial score (nSPS) is 23.0. The molecule has 4 heteroatoms. The van der Waals surface area contributed by atoms with E-state index in [0.717, 1.165) is 27.5 Å². The molecule has 1 aromatic carbocycles. The predicted molar refractivity (Wildman–Crippen MR) is 80.7 cm³/mol. The summed E-state index contributed by atoms with van der Waals surface area (Å²) in [6, 6.07) is 4.06. The summed E-state index contributed by atoms with van der Waals surface area (Å²) in [6.07, 6.45) is 1.21. The molecule has 0 bridgehead atoms. The fraction of sp³-hybridized carbons (Fsp3) is 0.600. The molecule has 1 aliphatic carbocycles. The fourth-order valence-electron chi connectivity index (χ4n) is 2.42. The van der Waals surface area contributed by atoms with Crippen LogP contribution in [0.3, 0.4) is 0 Å². The zero-order chi connectivity index (χ0) is 14.0. The van der Waals surface area contributed by atoms with Crippen molar-refractivity contribution < 1.29 is 9.47 Å². The molecule has 1 fully saturated rings. The Morgan fingerprint density at radius 3 is 2.26 bits per heavy atom. The predicted octanol–water partition coefficient (Wildman–Crippen LogP) is 3.90. The first kappa shape index (κ1) is 14.7. The first-order valence-electron chi connectivity index (χ1n) is 6.93. The molecule has 2 rings (SSSR count). The molecule has 3 atom stereocenters. The molecule has 3 unspecified atom stereocenters. The number of nitrogens with two attached hydrogens (primary N) is 1. The Hall–Kier alpha value is -0.740. The summed E-state index contributed by atoms with van der Waals surface area (Å²) in [5.41, 5.74) is 7.47. The van der Waals surface area contributed by atoms with Crippen LogP contribution in [0.25, 0.3) is 0 Å². The first-order valence-corrected chi connectivity index (χ1v) is 7.72. The summed E-state index contributed by atoms with van der Waals surface area (Å²) >= 11 is 3.60. The van der Waals surface area contributed by atoms with Gasteiger partial charge in [0, 0.05) is 10.5 Å². The van der Waals surface area contributed by atoms with Crippen LogP contribution in [-0.4, -0.2) is 13.2 Å². The van der Waals surface area contributed by atoms with E-state index in [-0.39, 0.29) is 6.04 Å². The standard InChI is InChI=1S/C15H22BrNO2/c1-4-18-13-7-11(15(17)10-6-9(10)3)12(16)8-14(13)19-5-2/h7-10,15H,4-6,17H2,1-3H3. The summed E-state index contributed by atoms with van der Waals surface area (Å²) in [4.78, 5) is 0. The van der Waals surface area contributed by atoms with Crippen molar-refractivity contribution in [3.8, 4) is 11.5 Å². The molecular formula is C15H22BrNO2. The van der Waals surface area contributed by atoms with Gasteiger partial charge in [-0.25, -0.2) is 0 Å². The van der Waals surface area contributed by atoms with Crippen LogP contribution >= 0.6 is 15.9 Å². The van der Waals surface area contributed by atoms with Gasteiger partial charge < -0.3 is 15.2 Å². The van der Waals surface area contributed by atoms with Crippen LogP contribution in [0.15, 0.2) is 16.6 Å². The molecule has 0 spiro atoms. The van der Waals surface area contributed by atoms with Crippen LogP contribution in [0.4, 0.5) is 0 Å². The van der Waals surface area contributed by atoms with Gasteiger partial charge in [-0.1, -0.05) is 22.9 Å². The van der Waals surface area contributed by atoms with E-state index in [1.165, 1.54) is 6.42 Å². The largest absolute Gasteiger partial charge is 0.490 e. The molecule has 0 radical (unpaired) electrons. The smallest absolute Gasteiger partial charge is 0.162 e. The molecule has 0 aromatic heterocycles. The van der Waals surface area contributed by atoms with E-state index < -0.39 is 0 Å². The van der Waals surface area contributed by atoms with E-state index in [0.29, 0.717) is 19.1 Å². The molecule has 1 saturated carbocycles. The van der Waals surface area contributed by atoms with Gasteiger partial charge >= 0.3 is 0 Å². The number of ether oxygens (including phenoxy) is 2. The lowest BCUT2D eigenvalue weighted by atomic mass is 10.0. The summed E-state index contributed by atoms with van der Waals surface area (Å²) in [7, 11) is 0. The van der Waals surface area contributed by atoms with Gasteiger partial charge in [-0.3, -0.25) is 0 Å². The van der Waals surface area contributed by atoms with Crippen LogP contribution in [0, 0.1) is 11.8 Å². The second-order valence-electron chi connectivity index (χ2n) is 5.09. The zero-order valence-corrected chi connectivity index (χ0v) is 13.4. The molecule has 2 N–H and O–H groups in total. The molecule has 0 saturated heterocycles. The quantitative estimate of drug-likeness (QED) is 0.861. The Morgan fingerprint density at radius 1 is 1.26 bits per heavy atom. The fourth-order valence-corrected chi connectivity index (χ4v) is 3.01. The Morgan fingerprint density at radius 2 is 1.79 bits per heavy atom. The Labute approximate surface area is 123 Å². The first-order chi connectivity index (χ1) is 9.08. The molecular weight excluding hydrogens is 306 g/mol. The van der Waals surface area contributed by atoms with Crippen LogP contribution in [0.5, 0.6) is 11.5 Å². The minimum absolute atomic E-state index is 0.0688. The summed E-state index contributed by atoms with van der Waals surface area (Å²) in [5.74, 6) is 2.87. The van der Waals surface area contributed by atoms with Gasteiger partial charge in [-0.05, 0) is 49.8 Å². The minimum Gasteiger partial charge on any atom is -0.490 e. The average molecular weight is 328 g/mol. The van der Waals surface area contributed by atoms with Gasteiger partial charge in [-0.2, -0.15) is 0 Å². The lowest BCUT2D eigenvalue weighted by molar-refractivity contribution is 0.287. The maximum Gasteiger partial charge on any atom is 0.162 e. The van der Waals surface area contributed by atoms with Gasteiger partial charge in [-0.15, -0.1) is 0 Å². The third-order valence-corrected chi connectivity index (χ3v) is 4.34. The minimum atomic E-state index is 0.0688. The Bertz CT molecular complexity index is 450. The van der Waals surface area contributed by atoms with Crippen molar-refractivity contribution >= 4 is 15.9 Å². The molecule has 106 valence electrons. The van der Waals surface area contributed by atoms with Crippen molar-refractivity contribution in [3.63, 3.8) is 0 Å². The van der Waals surface area contributed by atoms with E-state index in [9.17, 15) is 0 Å². The maximum absolute atomic E-state index is 6.35. The molecule has 19 heavy (non-hydrogen) atoms. The SMILES string of the molecule is CCOc1cc(Br)c(C(N)C2CC2C)cc1OCC. The van der Waals surface area contributed by atoms with Crippen molar-refractivity contribution in [2.75, 3.05) is 13.2 Å². The van der Waals surface area contributed by atoms with Gasteiger partial charge in [0.1, 0.15) is 0 Å². The zero-order valence-electron chi connectivity index (χ0n) is 11.8. The van der Waals surface area contributed by atoms with Crippen LogP contribution in [-0.2, 0) is 0 Å². The topological polar surface area (TPSA) is 44.5 Å². The van der Waals surface area contributed by atoms with Crippen LogP contribution in [0.1, 0.15) is 38.8 Å². The van der Waals surface area contributed by atoms with E-state index >= 15 is 0 Å². The number of halogens is 1. The van der Waals surface area contributed by atoms with Crippen molar-refractivity contribution in [1.82, 2.24) is 0 Å². The Balaban J connectivity index is 2.30. The second-order valence-corrected chi connectivity index (χ2v) is 5.94. The number of benzene rings is 1. The number of rotatable bonds is 6.